The van der Waals surface area contributed by atoms with Gasteiger partial charge in [-0.2, -0.15) is 0 Å². The lowest BCUT2D eigenvalue weighted by atomic mass is 10.1. The quantitative estimate of drug-likeness (QED) is 0.630. The van der Waals surface area contributed by atoms with Gasteiger partial charge in [0.2, 0.25) is 15.9 Å². The lowest BCUT2D eigenvalue weighted by molar-refractivity contribution is -0.121. The normalized spacial score (nSPS) is 12.5. The fourth-order valence-corrected chi connectivity index (χ4v) is 4.09. The number of sulfonamides is 1. The molecule has 0 saturated carbocycles. The Morgan fingerprint density at radius 2 is 1.85 bits per heavy atom. The van der Waals surface area contributed by atoms with Crippen LogP contribution in [0.3, 0.4) is 0 Å². The molecule has 0 aliphatic rings. The van der Waals surface area contributed by atoms with Gasteiger partial charge in [-0.15, -0.1) is 0 Å². The first kappa shape index (κ1) is 20.6. The molecule has 7 heteroatoms. The van der Waals surface area contributed by atoms with Gasteiger partial charge in [-0.1, -0.05) is 52.3 Å². The van der Waals surface area contributed by atoms with Crippen LogP contribution in [-0.2, 0) is 21.2 Å². The molecule has 140 valence electrons. The summed E-state index contributed by atoms with van der Waals surface area (Å²) in [6, 6.07) is 16.6. The van der Waals surface area contributed by atoms with Gasteiger partial charge in [0, 0.05) is 23.5 Å². The standard InChI is InChI=1S/C19H23BrN2O3S/c1-15(10-11-16-6-3-2-4-7-16)22-19(23)12-13-21-26(24,25)18-9-5-8-17(20)14-18/h2-9,14-15,21H,10-13H2,1H3,(H,22,23). The van der Waals surface area contributed by atoms with Crippen LogP contribution in [-0.4, -0.2) is 26.9 Å². The zero-order valence-corrected chi connectivity index (χ0v) is 17.0. The number of nitrogens with one attached hydrogen (secondary N) is 2. The highest BCUT2D eigenvalue weighted by Crippen LogP contribution is 2.15. The number of benzene rings is 2. The first-order chi connectivity index (χ1) is 12.4. The number of hydrogen-bond acceptors (Lipinski definition) is 3. The SMILES string of the molecule is CC(CCc1ccccc1)NC(=O)CCNS(=O)(=O)c1cccc(Br)c1. The summed E-state index contributed by atoms with van der Waals surface area (Å²) in [6.45, 7) is 2.01. The third-order valence-corrected chi connectivity index (χ3v) is 5.82. The molecule has 0 spiro atoms. The number of rotatable bonds is 9. The van der Waals surface area contributed by atoms with Crippen molar-refractivity contribution in [2.24, 2.45) is 0 Å². The summed E-state index contributed by atoms with van der Waals surface area (Å²) in [5, 5.41) is 2.90. The van der Waals surface area contributed by atoms with Gasteiger partial charge < -0.3 is 5.32 Å². The second kappa shape index (κ2) is 9.85. The Morgan fingerprint density at radius 1 is 1.12 bits per heavy atom. The largest absolute Gasteiger partial charge is 0.354 e. The molecular formula is C19H23BrN2O3S. The van der Waals surface area contributed by atoms with Crippen molar-refractivity contribution in [2.45, 2.75) is 37.1 Å². The summed E-state index contributed by atoms with van der Waals surface area (Å²) < 4.78 is 27.5. The number of carbonyl (C=O) groups is 1. The van der Waals surface area contributed by atoms with Gasteiger partial charge in [0.15, 0.2) is 0 Å². The monoisotopic (exact) mass is 438 g/mol. The van der Waals surface area contributed by atoms with E-state index in [-0.39, 0.29) is 29.8 Å². The molecule has 26 heavy (non-hydrogen) atoms. The van der Waals surface area contributed by atoms with Crippen molar-refractivity contribution in [3.05, 3.63) is 64.6 Å². The van der Waals surface area contributed by atoms with Gasteiger partial charge in [-0.05, 0) is 43.5 Å². The molecule has 0 aliphatic carbocycles. The van der Waals surface area contributed by atoms with E-state index >= 15 is 0 Å². The highest BCUT2D eigenvalue weighted by atomic mass is 79.9. The van der Waals surface area contributed by atoms with Gasteiger partial charge in [0.05, 0.1) is 4.90 Å². The predicted octanol–water partition coefficient (Wildman–Crippen LogP) is 3.26. The van der Waals surface area contributed by atoms with Crippen molar-refractivity contribution in [1.82, 2.24) is 10.0 Å². The van der Waals surface area contributed by atoms with Gasteiger partial charge >= 0.3 is 0 Å². The third kappa shape index (κ3) is 6.90. The average molecular weight is 439 g/mol. The van der Waals surface area contributed by atoms with E-state index < -0.39 is 10.0 Å². The molecular weight excluding hydrogens is 416 g/mol. The van der Waals surface area contributed by atoms with Crippen LogP contribution in [0.5, 0.6) is 0 Å². The van der Waals surface area contributed by atoms with Gasteiger partial charge in [0.1, 0.15) is 0 Å². The molecule has 0 bridgehead atoms. The first-order valence-corrected chi connectivity index (χ1v) is 10.7. The minimum absolute atomic E-state index is 0.0318. The van der Waals surface area contributed by atoms with Crippen LogP contribution in [0, 0.1) is 0 Å². The number of aryl methyl sites for hydroxylation is 1. The van der Waals surface area contributed by atoms with Crippen molar-refractivity contribution in [3.8, 4) is 0 Å². The van der Waals surface area contributed by atoms with Crippen LogP contribution in [0.2, 0.25) is 0 Å². The van der Waals surface area contributed by atoms with Crippen LogP contribution in [0.1, 0.15) is 25.3 Å². The predicted molar refractivity (Wildman–Crippen MR) is 106 cm³/mol. The summed E-state index contributed by atoms with van der Waals surface area (Å²) >= 11 is 3.25. The van der Waals surface area contributed by atoms with Gasteiger partial charge in [0.25, 0.3) is 0 Å². The van der Waals surface area contributed by atoms with Crippen LogP contribution in [0.25, 0.3) is 0 Å². The zero-order chi connectivity index (χ0) is 19.0. The van der Waals surface area contributed by atoms with Crippen molar-refractivity contribution < 1.29 is 13.2 Å². The van der Waals surface area contributed by atoms with Crippen LogP contribution >= 0.6 is 15.9 Å². The highest BCUT2D eigenvalue weighted by Gasteiger charge is 2.15. The molecule has 0 aromatic heterocycles. The van der Waals surface area contributed by atoms with Crippen molar-refractivity contribution in [3.63, 3.8) is 0 Å². The topological polar surface area (TPSA) is 75.3 Å². The fraction of sp³-hybridized carbons (Fsp3) is 0.316. The van der Waals surface area contributed by atoms with Crippen molar-refractivity contribution >= 4 is 31.9 Å². The summed E-state index contributed by atoms with van der Waals surface area (Å²) in [6.07, 6.45) is 1.82. The molecule has 0 aliphatic heterocycles. The molecule has 0 fully saturated rings. The Balaban J connectivity index is 1.72. The van der Waals surface area contributed by atoms with Crippen LogP contribution in [0.4, 0.5) is 0 Å². The van der Waals surface area contributed by atoms with E-state index in [9.17, 15) is 13.2 Å². The molecule has 2 aromatic carbocycles. The minimum atomic E-state index is -3.61. The van der Waals surface area contributed by atoms with E-state index in [0.717, 1.165) is 12.8 Å². The molecule has 0 heterocycles. The summed E-state index contributed by atoms with van der Waals surface area (Å²) in [4.78, 5) is 12.2. The van der Waals surface area contributed by atoms with Crippen LogP contribution in [0.15, 0.2) is 64.0 Å². The number of hydrogen-bond donors (Lipinski definition) is 2. The molecule has 0 radical (unpaired) electrons. The molecule has 5 nitrogen and oxygen atoms in total. The molecule has 1 atom stereocenters. The van der Waals surface area contributed by atoms with E-state index in [1.54, 1.807) is 12.1 Å². The Labute approximate surface area is 163 Å². The maximum Gasteiger partial charge on any atom is 0.240 e. The van der Waals surface area contributed by atoms with Crippen LogP contribution < -0.4 is 10.0 Å². The maximum absolute atomic E-state index is 12.2. The molecule has 2 rings (SSSR count). The highest BCUT2D eigenvalue weighted by molar-refractivity contribution is 9.10. The summed E-state index contributed by atoms with van der Waals surface area (Å²) in [5.41, 5.74) is 1.23. The third-order valence-electron chi connectivity index (χ3n) is 3.87. The molecule has 0 saturated heterocycles. The number of carbonyl (C=O) groups excluding carboxylic acids is 1. The Morgan fingerprint density at radius 3 is 2.54 bits per heavy atom. The fourth-order valence-electron chi connectivity index (χ4n) is 2.46. The number of amides is 1. The van der Waals surface area contributed by atoms with E-state index in [1.807, 2.05) is 25.1 Å². The number of halogens is 1. The minimum Gasteiger partial charge on any atom is -0.354 e. The van der Waals surface area contributed by atoms with Crippen molar-refractivity contribution in [2.75, 3.05) is 6.54 Å². The van der Waals surface area contributed by atoms with E-state index in [2.05, 4.69) is 38.1 Å². The van der Waals surface area contributed by atoms with Gasteiger partial charge in [-0.25, -0.2) is 13.1 Å². The first-order valence-electron chi connectivity index (χ1n) is 8.45. The average Bonchev–Trinajstić information content (AvgIpc) is 2.60. The van der Waals surface area contributed by atoms with E-state index in [4.69, 9.17) is 0 Å². The zero-order valence-electron chi connectivity index (χ0n) is 14.6. The van der Waals surface area contributed by atoms with Gasteiger partial charge in [-0.3, -0.25) is 4.79 Å². The Kier molecular flexibility index (Phi) is 7.81. The Hall–Kier alpha value is -1.70. The summed E-state index contributed by atoms with van der Waals surface area (Å²) in [7, 11) is -3.61. The molecule has 2 aromatic rings. The lowest BCUT2D eigenvalue weighted by Gasteiger charge is -2.14. The lowest BCUT2D eigenvalue weighted by Crippen LogP contribution is -2.35. The Bertz CT molecular complexity index is 826. The summed E-state index contributed by atoms with van der Waals surface area (Å²) in [5.74, 6) is -0.164. The molecule has 2 N–H and O–H groups in total. The smallest absolute Gasteiger partial charge is 0.240 e. The van der Waals surface area contributed by atoms with E-state index in [1.165, 1.54) is 17.7 Å². The second-order valence-corrected chi connectivity index (χ2v) is 8.78. The van der Waals surface area contributed by atoms with E-state index in [0.29, 0.717) is 4.47 Å². The molecule has 1 amide bonds. The maximum atomic E-state index is 12.2. The second-order valence-electron chi connectivity index (χ2n) is 6.10. The van der Waals surface area contributed by atoms with Crippen molar-refractivity contribution in [1.29, 1.82) is 0 Å². The molecule has 1 unspecified atom stereocenters.